The van der Waals surface area contributed by atoms with Crippen LogP contribution in [0, 0.1) is 11.6 Å². The molecule has 3 atom stereocenters. The second kappa shape index (κ2) is 9.46. The van der Waals surface area contributed by atoms with Crippen molar-refractivity contribution >= 4 is 34.2 Å². The van der Waals surface area contributed by atoms with Gasteiger partial charge in [0.15, 0.2) is 17.5 Å². The minimum atomic E-state index is -0.563. The van der Waals surface area contributed by atoms with Crippen LogP contribution in [0.2, 0.25) is 5.02 Å². The fraction of sp³-hybridized carbons (Fsp3) is 0.458. The number of benzene rings is 1. The molecule has 1 amide bonds. The summed E-state index contributed by atoms with van der Waals surface area (Å²) < 4.78 is 28.8. The van der Waals surface area contributed by atoms with Crippen LogP contribution in [0.25, 0.3) is 22.3 Å². The van der Waals surface area contributed by atoms with Crippen LogP contribution in [0.15, 0.2) is 24.5 Å². The average molecular weight is 489 g/mol. The maximum absolute atomic E-state index is 14.6. The molecular formula is C24H27ClF2N6O. The number of carbonyl (C=O) groups excluding carboxylic acids is 1. The molecule has 1 saturated heterocycles. The van der Waals surface area contributed by atoms with E-state index < -0.39 is 11.6 Å². The molecule has 0 spiro atoms. The van der Waals surface area contributed by atoms with E-state index in [4.69, 9.17) is 11.6 Å². The van der Waals surface area contributed by atoms with E-state index in [1.807, 2.05) is 7.05 Å². The highest BCUT2D eigenvalue weighted by molar-refractivity contribution is 6.31. The number of aromatic nitrogens is 3. The minimum Gasteiger partial charge on any atom is -0.365 e. The molecule has 5 rings (SSSR count). The number of amides is 1. The Labute approximate surface area is 201 Å². The molecule has 1 aromatic carbocycles. The van der Waals surface area contributed by atoms with Crippen molar-refractivity contribution in [1.29, 1.82) is 0 Å². The van der Waals surface area contributed by atoms with Crippen LogP contribution in [0.5, 0.6) is 0 Å². The molecule has 0 radical (unpaired) electrons. The van der Waals surface area contributed by atoms with Crippen molar-refractivity contribution in [3.63, 3.8) is 0 Å². The van der Waals surface area contributed by atoms with E-state index in [9.17, 15) is 13.6 Å². The van der Waals surface area contributed by atoms with Crippen LogP contribution >= 0.6 is 11.6 Å². The second-order valence-electron chi connectivity index (χ2n) is 9.25. The molecule has 3 N–H and O–H groups in total. The number of rotatable bonds is 5. The summed E-state index contributed by atoms with van der Waals surface area (Å²) in [6.07, 6.45) is 7.98. The quantitative estimate of drug-likeness (QED) is 0.492. The lowest BCUT2D eigenvalue weighted by Crippen LogP contribution is -2.48. The molecule has 3 heterocycles. The summed E-state index contributed by atoms with van der Waals surface area (Å²) in [6.45, 7) is 0.942. The summed E-state index contributed by atoms with van der Waals surface area (Å²) in [4.78, 5) is 26.2. The molecule has 1 aliphatic carbocycles. The SMILES string of the molecule is CN1CCC[C@@H]1C(=O)N[C@@H]1CCC[C@H](Nc2nc(-c3c[nH]c4c(F)cc(Cl)cc34)ncc2F)C1. The summed E-state index contributed by atoms with van der Waals surface area (Å²) in [6, 6.07) is 2.79. The summed E-state index contributed by atoms with van der Waals surface area (Å²) in [7, 11) is 1.98. The van der Waals surface area contributed by atoms with Gasteiger partial charge in [0, 0.05) is 34.3 Å². The Balaban J connectivity index is 1.31. The normalized spacial score (nSPS) is 23.4. The van der Waals surface area contributed by atoms with Crippen LogP contribution < -0.4 is 10.6 Å². The van der Waals surface area contributed by atoms with E-state index in [2.05, 4.69) is 30.5 Å². The first-order valence-electron chi connectivity index (χ1n) is 11.6. The molecule has 0 bridgehead atoms. The number of aromatic amines is 1. The predicted octanol–water partition coefficient (Wildman–Crippen LogP) is 4.49. The van der Waals surface area contributed by atoms with Crippen LogP contribution in [-0.4, -0.2) is 57.5 Å². The van der Waals surface area contributed by atoms with E-state index in [0.29, 0.717) is 22.9 Å². The zero-order valence-electron chi connectivity index (χ0n) is 18.9. The van der Waals surface area contributed by atoms with Gasteiger partial charge in [0.25, 0.3) is 0 Å². The Morgan fingerprint density at radius 2 is 2.00 bits per heavy atom. The molecule has 2 fully saturated rings. The molecular weight excluding hydrogens is 462 g/mol. The monoisotopic (exact) mass is 488 g/mol. The highest BCUT2D eigenvalue weighted by Gasteiger charge is 2.31. The van der Waals surface area contributed by atoms with Crippen molar-refractivity contribution in [2.45, 2.75) is 56.7 Å². The van der Waals surface area contributed by atoms with Gasteiger partial charge in [-0.25, -0.2) is 18.7 Å². The van der Waals surface area contributed by atoms with Crippen molar-refractivity contribution in [2.75, 3.05) is 18.9 Å². The number of hydrogen-bond acceptors (Lipinski definition) is 5. The summed E-state index contributed by atoms with van der Waals surface area (Å²) in [5, 5.41) is 7.18. The number of hydrogen-bond donors (Lipinski definition) is 3. The third-order valence-corrected chi connectivity index (χ3v) is 7.09. The number of H-pyrrole nitrogens is 1. The second-order valence-corrected chi connectivity index (χ2v) is 9.69. The number of carbonyl (C=O) groups is 1. The lowest BCUT2D eigenvalue weighted by Gasteiger charge is -2.32. The predicted molar refractivity (Wildman–Crippen MR) is 128 cm³/mol. The molecule has 180 valence electrons. The molecule has 1 saturated carbocycles. The number of likely N-dealkylation sites (N-methyl/N-ethyl adjacent to an activating group) is 1. The number of nitrogens with zero attached hydrogens (tertiary/aromatic N) is 3. The standard InChI is InChI=1S/C24H27ClF2N6O/c1-33-7-3-6-20(33)24(34)31-15-5-2-4-14(10-15)30-23-19(27)12-29-22(32-23)17-11-28-21-16(17)8-13(25)9-18(21)26/h8-9,11-12,14-15,20,28H,2-7,10H2,1H3,(H,31,34)(H,29,30,32)/t14-,15+,20+/m0/s1. The van der Waals surface area contributed by atoms with Crippen LogP contribution in [-0.2, 0) is 4.79 Å². The molecule has 0 unspecified atom stereocenters. The number of likely N-dealkylation sites (tertiary alicyclic amines) is 1. The van der Waals surface area contributed by atoms with Crippen molar-refractivity contribution in [2.24, 2.45) is 0 Å². The number of anilines is 1. The number of fused-ring (bicyclic) bond motifs is 1. The molecule has 34 heavy (non-hydrogen) atoms. The molecule has 10 heteroatoms. The Bertz CT molecular complexity index is 1220. The van der Waals surface area contributed by atoms with Gasteiger partial charge in [-0.3, -0.25) is 9.69 Å². The minimum absolute atomic E-state index is 0.0348. The van der Waals surface area contributed by atoms with Gasteiger partial charge in [-0.2, -0.15) is 0 Å². The van der Waals surface area contributed by atoms with Crippen molar-refractivity contribution < 1.29 is 13.6 Å². The fourth-order valence-corrected chi connectivity index (χ4v) is 5.33. The van der Waals surface area contributed by atoms with Crippen LogP contribution in [0.3, 0.4) is 0 Å². The maximum Gasteiger partial charge on any atom is 0.237 e. The summed E-state index contributed by atoms with van der Waals surface area (Å²) in [5.41, 5.74) is 0.828. The number of halogens is 3. The van der Waals surface area contributed by atoms with Crippen molar-refractivity contribution in [1.82, 2.24) is 25.2 Å². The molecule has 2 aliphatic rings. The Kier molecular flexibility index (Phi) is 6.40. The Morgan fingerprint density at radius 1 is 1.18 bits per heavy atom. The third kappa shape index (κ3) is 4.59. The van der Waals surface area contributed by atoms with Crippen molar-refractivity contribution in [3.05, 3.63) is 41.2 Å². The molecule has 3 aromatic rings. The highest BCUT2D eigenvalue weighted by atomic mass is 35.5. The van der Waals surface area contributed by atoms with Crippen LogP contribution in [0.1, 0.15) is 38.5 Å². The van der Waals surface area contributed by atoms with E-state index in [0.717, 1.165) is 44.8 Å². The fourth-order valence-electron chi connectivity index (χ4n) is 5.12. The highest BCUT2D eigenvalue weighted by Crippen LogP contribution is 2.32. The van der Waals surface area contributed by atoms with Gasteiger partial charge in [-0.1, -0.05) is 11.6 Å². The largest absolute Gasteiger partial charge is 0.365 e. The van der Waals surface area contributed by atoms with Gasteiger partial charge in [0.1, 0.15) is 5.82 Å². The molecule has 2 aromatic heterocycles. The maximum atomic E-state index is 14.6. The lowest BCUT2D eigenvalue weighted by molar-refractivity contribution is -0.126. The van der Waals surface area contributed by atoms with Gasteiger partial charge in [0.2, 0.25) is 5.91 Å². The smallest absolute Gasteiger partial charge is 0.237 e. The zero-order valence-corrected chi connectivity index (χ0v) is 19.6. The first-order chi connectivity index (χ1) is 16.4. The first kappa shape index (κ1) is 23.0. The van der Waals surface area contributed by atoms with E-state index >= 15 is 0 Å². The summed E-state index contributed by atoms with van der Waals surface area (Å²) in [5.74, 6) is -0.609. The Hall–Kier alpha value is -2.78. The van der Waals surface area contributed by atoms with Crippen LogP contribution in [0.4, 0.5) is 14.6 Å². The number of nitrogens with one attached hydrogen (secondary N) is 3. The van der Waals surface area contributed by atoms with Gasteiger partial charge in [-0.05, 0) is 64.3 Å². The topological polar surface area (TPSA) is 85.9 Å². The summed E-state index contributed by atoms with van der Waals surface area (Å²) >= 11 is 6.03. The van der Waals surface area contributed by atoms with Gasteiger partial charge >= 0.3 is 0 Å². The van der Waals surface area contributed by atoms with Gasteiger partial charge in [0.05, 0.1) is 17.8 Å². The third-order valence-electron chi connectivity index (χ3n) is 6.88. The molecule has 7 nitrogen and oxygen atoms in total. The lowest BCUT2D eigenvalue weighted by atomic mass is 9.90. The van der Waals surface area contributed by atoms with E-state index in [1.165, 1.54) is 6.07 Å². The average Bonchev–Trinajstić information content (AvgIpc) is 3.42. The molecule has 1 aliphatic heterocycles. The van der Waals surface area contributed by atoms with E-state index in [1.54, 1.807) is 12.3 Å². The van der Waals surface area contributed by atoms with Gasteiger partial charge in [-0.15, -0.1) is 0 Å². The zero-order chi connectivity index (χ0) is 23.8. The van der Waals surface area contributed by atoms with Crippen molar-refractivity contribution in [3.8, 4) is 11.4 Å². The van der Waals surface area contributed by atoms with E-state index in [-0.39, 0.29) is 40.7 Å². The Morgan fingerprint density at radius 3 is 2.79 bits per heavy atom. The first-order valence-corrected chi connectivity index (χ1v) is 12.0. The van der Waals surface area contributed by atoms with Gasteiger partial charge < -0.3 is 15.6 Å².